The molecular weight excluding hydrogens is 1140 g/mol. The molecule has 0 saturated carbocycles. The number of nitrogens with zero attached hydrogens (tertiary/aromatic N) is 10. The number of rotatable bonds is 5. The second kappa shape index (κ2) is 29.1. The largest absolute Gasteiger partial charge is 0.307 e. The zero-order valence-electron chi connectivity index (χ0n) is 53.0. The van der Waals surface area contributed by atoms with Crippen molar-refractivity contribution in [3.05, 3.63) is 350 Å². The molecule has 0 N–H and O–H groups in total. The van der Waals surface area contributed by atoms with E-state index in [2.05, 4.69) is 224 Å². The van der Waals surface area contributed by atoms with Crippen LogP contribution in [0.2, 0.25) is 0 Å². The van der Waals surface area contributed by atoms with Gasteiger partial charge in [0.1, 0.15) is 16.9 Å². The fourth-order valence-corrected chi connectivity index (χ4v) is 11.1. The molecule has 17 aromatic rings. The highest BCUT2D eigenvalue weighted by molar-refractivity contribution is 5.97. The molecule has 10 aromatic heterocycles. The Morgan fingerprint density at radius 1 is 0.280 bits per heavy atom. The number of aromatic nitrogens is 10. The average Bonchev–Trinajstić information content (AvgIpc) is 1.79. The molecule has 0 aliphatic heterocycles. The van der Waals surface area contributed by atoms with Crippen LogP contribution in [-0.4, -0.2) is 48.1 Å². The molecule has 0 aliphatic rings. The van der Waals surface area contributed by atoms with Crippen LogP contribution in [0.3, 0.4) is 0 Å². The van der Waals surface area contributed by atoms with Crippen LogP contribution in [0.15, 0.2) is 316 Å². The number of imidazole rings is 3. The lowest BCUT2D eigenvalue weighted by molar-refractivity contribution is 1.09. The van der Waals surface area contributed by atoms with Crippen LogP contribution in [0, 0.1) is 41.5 Å². The number of pyridine rings is 7. The molecule has 10 heteroatoms. The third-order valence-corrected chi connectivity index (χ3v) is 15.8. The normalized spacial score (nSPS) is 10.7. The lowest BCUT2D eigenvalue weighted by Crippen LogP contribution is -1.91. The van der Waals surface area contributed by atoms with Gasteiger partial charge in [-0.15, -0.1) is 0 Å². The van der Waals surface area contributed by atoms with E-state index >= 15 is 0 Å². The summed E-state index contributed by atoms with van der Waals surface area (Å²) in [6.45, 7) is 12.5. The fraction of sp³-hybridized carbons (Fsp3) is 0.0723. The predicted molar refractivity (Wildman–Crippen MR) is 384 cm³/mol. The Kier molecular flexibility index (Phi) is 19.2. The van der Waals surface area contributed by atoms with E-state index in [9.17, 15) is 0 Å². The van der Waals surface area contributed by atoms with Crippen LogP contribution in [-0.2, 0) is 0 Å². The minimum Gasteiger partial charge on any atom is -0.307 e. The van der Waals surface area contributed by atoms with Crippen molar-refractivity contribution in [2.24, 2.45) is 0 Å². The molecule has 0 radical (unpaired) electrons. The highest BCUT2D eigenvalue weighted by Crippen LogP contribution is 2.30. The molecule has 10 heterocycles. The van der Waals surface area contributed by atoms with Crippen LogP contribution in [0.5, 0.6) is 0 Å². The SMILES string of the molecule is Cc1c2ccccc2nc2ccccc12.Cc1cc(-c2ccccc2)c2ccccc2n1.Cc1cc(-c2ccccc2)nc(-c2ccccn2)c1.Cc1cccc2nc(-c3ccccc3)cn12.Cc1cccc2nc(-c3ccccc3)cn12.Cc1cn2ccccc2n1. The second-order valence-electron chi connectivity index (χ2n) is 22.6. The lowest BCUT2D eigenvalue weighted by Gasteiger charge is -2.07. The Balaban J connectivity index is 0.000000108. The summed E-state index contributed by atoms with van der Waals surface area (Å²) in [5.41, 5.74) is 24.1. The van der Waals surface area contributed by atoms with Gasteiger partial charge in [-0.3, -0.25) is 9.97 Å². The number of benzene rings is 7. The average molecular weight is 1210 g/mol. The monoisotopic (exact) mass is 1210 g/mol. The number of hydrogen-bond acceptors (Lipinski definition) is 7. The summed E-state index contributed by atoms with van der Waals surface area (Å²) in [6, 6.07) is 96.5. The quantitative estimate of drug-likeness (QED) is 0.158. The van der Waals surface area contributed by atoms with Gasteiger partial charge in [0.05, 0.1) is 50.7 Å². The van der Waals surface area contributed by atoms with Crippen LogP contribution < -0.4 is 0 Å². The summed E-state index contributed by atoms with van der Waals surface area (Å²) >= 11 is 0. The van der Waals surface area contributed by atoms with Gasteiger partial charge in [-0.2, -0.15) is 0 Å². The van der Waals surface area contributed by atoms with Gasteiger partial charge >= 0.3 is 0 Å². The topological polar surface area (TPSA) is 103 Å². The Labute approximate surface area is 542 Å². The van der Waals surface area contributed by atoms with Crippen molar-refractivity contribution in [2.75, 3.05) is 0 Å². The fourth-order valence-electron chi connectivity index (χ4n) is 11.1. The van der Waals surface area contributed by atoms with Crippen LogP contribution in [0.1, 0.15) is 33.9 Å². The number of para-hydroxylation sites is 3. The zero-order chi connectivity index (χ0) is 63.9. The molecular formula is C83H70N10. The first kappa shape index (κ1) is 61.2. The van der Waals surface area contributed by atoms with Crippen molar-refractivity contribution < 1.29 is 0 Å². The first-order chi connectivity index (χ1) is 45.6. The summed E-state index contributed by atoms with van der Waals surface area (Å²) in [5.74, 6) is 0. The summed E-state index contributed by atoms with van der Waals surface area (Å²) in [4.78, 5) is 31.8. The summed E-state index contributed by atoms with van der Waals surface area (Å²) in [6.07, 6.45) is 9.96. The third-order valence-electron chi connectivity index (χ3n) is 15.8. The van der Waals surface area contributed by atoms with Gasteiger partial charge in [0.15, 0.2) is 0 Å². The standard InChI is InChI=1S/C17H14N2.C16H13N.2C14H12N2.C14H11N.C8H8N2/c1-13-11-16(14-7-3-2-4-8-14)19-17(12-13)15-9-5-6-10-18-15;1-12-11-15(13-7-3-2-4-8-13)14-9-5-6-10-16(14)17-12;2*1-11-6-5-9-14-15-13(10-16(11)14)12-7-3-2-4-8-12;1-10-11-6-2-4-8-13(11)15-14-9-5-3-7-12(10)14;1-7-6-10-5-3-2-4-8(10)9-7/h2-12H,1H3;2-11H,1H3;2*2-10H,1H3;2-9H,1H3;2-6H,1H3. The van der Waals surface area contributed by atoms with E-state index in [0.29, 0.717) is 0 Å². The molecule has 93 heavy (non-hydrogen) atoms. The molecule has 17 rings (SSSR count). The van der Waals surface area contributed by atoms with E-state index in [1.54, 1.807) is 6.20 Å². The van der Waals surface area contributed by atoms with E-state index in [1.807, 2.05) is 170 Å². The Morgan fingerprint density at radius 3 is 1.25 bits per heavy atom. The van der Waals surface area contributed by atoms with E-state index in [4.69, 9.17) is 4.98 Å². The van der Waals surface area contributed by atoms with Crippen molar-refractivity contribution in [1.29, 1.82) is 0 Å². The maximum atomic E-state index is 4.71. The molecule has 0 saturated heterocycles. The minimum atomic E-state index is 0.906. The van der Waals surface area contributed by atoms with Gasteiger partial charge in [-0.25, -0.2) is 24.9 Å². The summed E-state index contributed by atoms with van der Waals surface area (Å²) in [5, 5.41) is 3.71. The van der Waals surface area contributed by atoms with Crippen molar-refractivity contribution in [2.45, 2.75) is 41.5 Å². The third kappa shape index (κ3) is 15.0. The molecule has 10 nitrogen and oxygen atoms in total. The second-order valence-corrected chi connectivity index (χ2v) is 22.6. The molecule has 0 atom stereocenters. The first-order valence-electron chi connectivity index (χ1n) is 31.1. The van der Waals surface area contributed by atoms with E-state index in [-0.39, 0.29) is 0 Å². The maximum Gasteiger partial charge on any atom is 0.137 e. The van der Waals surface area contributed by atoms with Crippen molar-refractivity contribution >= 4 is 49.7 Å². The minimum absolute atomic E-state index is 0.906. The van der Waals surface area contributed by atoms with Crippen molar-refractivity contribution in [3.8, 4) is 56.3 Å². The smallest absolute Gasteiger partial charge is 0.137 e. The van der Waals surface area contributed by atoms with E-state index < -0.39 is 0 Å². The van der Waals surface area contributed by atoms with Gasteiger partial charge in [0, 0.05) is 80.9 Å². The zero-order valence-corrected chi connectivity index (χ0v) is 53.0. The van der Waals surface area contributed by atoms with Gasteiger partial charge < -0.3 is 13.2 Å². The lowest BCUT2D eigenvalue weighted by atomic mass is 10.0. The molecule has 452 valence electrons. The van der Waals surface area contributed by atoms with Gasteiger partial charge in [0.2, 0.25) is 0 Å². The van der Waals surface area contributed by atoms with Gasteiger partial charge in [-0.05, 0) is 149 Å². The molecule has 0 spiro atoms. The Bertz CT molecular complexity index is 5020. The highest BCUT2D eigenvalue weighted by Gasteiger charge is 2.10. The molecule has 0 bridgehead atoms. The number of aryl methyl sites for hydroxylation is 6. The van der Waals surface area contributed by atoms with E-state index in [0.717, 1.165) is 90.0 Å². The Morgan fingerprint density at radius 2 is 0.731 bits per heavy atom. The summed E-state index contributed by atoms with van der Waals surface area (Å²) < 4.78 is 6.24. The predicted octanol–water partition coefficient (Wildman–Crippen LogP) is 20.3. The van der Waals surface area contributed by atoms with Crippen LogP contribution in [0.4, 0.5) is 0 Å². The molecule has 0 aliphatic carbocycles. The van der Waals surface area contributed by atoms with Crippen LogP contribution in [0.25, 0.3) is 106 Å². The molecule has 0 amide bonds. The molecule has 0 unspecified atom stereocenters. The van der Waals surface area contributed by atoms with Crippen molar-refractivity contribution in [3.63, 3.8) is 0 Å². The van der Waals surface area contributed by atoms with Gasteiger partial charge in [-0.1, -0.05) is 200 Å². The molecule has 0 fully saturated rings. The molecule has 7 aromatic carbocycles. The van der Waals surface area contributed by atoms with Crippen LogP contribution >= 0.6 is 0 Å². The first-order valence-corrected chi connectivity index (χ1v) is 31.1. The highest BCUT2D eigenvalue weighted by atomic mass is 15.0. The van der Waals surface area contributed by atoms with Crippen molar-refractivity contribution in [1.82, 2.24) is 48.1 Å². The number of fused-ring (bicyclic) bond motifs is 6. The van der Waals surface area contributed by atoms with Gasteiger partial charge in [0.25, 0.3) is 0 Å². The Hall–Kier alpha value is -12.0. The summed E-state index contributed by atoms with van der Waals surface area (Å²) in [7, 11) is 0. The van der Waals surface area contributed by atoms with E-state index in [1.165, 1.54) is 49.8 Å². The number of hydrogen-bond donors (Lipinski definition) is 0. The maximum absolute atomic E-state index is 4.71.